The van der Waals surface area contributed by atoms with E-state index in [1.807, 2.05) is 12.1 Å². The van der Waals surface area contributed by atoms with Crippen molar-refractivity contribution in [3.8, 4) is 11.5 Å². The van der Waals surface area contributed by atoms with E-state index in [0.717, 1.165) is 0 Å². The maximum Gasteiger partial charge on any atom is 0.341 e. The number of aliphatic carboxylic acids is 1. The molecule has 7 nitrogen and oxygen atoms in total. The molecular weight excluding hydrogens is 455 g/mol. The van der Waals surface area contributed by atoms with E-state index >= 15 is 0 Å². The number of carbonyl (C=O) groups is 2. The summed E-state index contributed by atoms with van der Waals surface area (Å²) in [6, 6.07) is 17.2. The molecule has 0 aromatic heterocycles. The van der Waals surface area contributed by atoms with Crippen LogP contribution in [0, 0.1) is 0 Å². The molecule has 164 valence electrons. The topological polar surface area (TPSA) is 88.1 Å². The smallest absolute Gasteiger partial charge is 0.341 e. The van der Waals surface area contributed by atoms with E-state index in [1.165, 1.54) is 13.2 Å². The summed E-state index contributed by atoms with van der Waals surface area (Å²) in [7, 11) is 1.44. The van der Waals surface area contributed by atoms with Crippen LogP contribution in [0.2, 0.25) is 10.0 Å². The van der Waals surface area contributed by atoms with Crippen molar-refractivity contribution in [1.82, 2.24) is 0 Å². The highest BCUT2D eigenvalue weighted by Gasteiger charge is 2.35. The molecule has 0 radical (unpaired) electrons. The molecule has 0 bridgehead atoms. The summed E-state index contributed by atoms with van der Waals surface area (Å²) < 4.78 is 10.7. The van der Waals surface area contributed by atoms with Crippen LogP contribution in [0.1, 0.15) is 22.1 Å². The standard InChI is InChI=1S/C23H18Cl2N2O5/c1-31-19-10-16(17(25)11-20(19)32-12-21(28)29)22-26-18-5-3-2-4-15(18)23(30)27(22)14-8-6-13(24)7-9-14/h2-11,22,26H,12H2,1H3,(H,28,29)/t22-/m0/s1. The number of benzene rings is 3. The largest absolute Gasteiger partial charge is 0.493 e. The first-order valence-electron chi connectivity index (χ1n) is 9.55. The van der Waals surface area contributed by atoms with Crippen LogP contribution in [0.25, 0.3) is 0 Å². The summed E-state index contributed by atoms with van der Waals surface area (Å²) in [4.78, 5) is 26.0. The molecule has 2 N–H and O–H groups in total. The molecule has 0 fully saturated rings. The number of carboxylic acid groups (broad SMARTS) is 1. The molecule has 4 rings (SSSR count). The van der Waals surface area contributed by atoms with Crippen LogP contribution >= 0.6 is 23.2 Å². The molecule has 3 aromatic carbocycles. The lowest BCUT2D eigenvalue weighted by Gasteiger charge is -2.38. The molecule has 0 aliphatic carbocycles. The van der Waals surface area contributed by atoms with Gasteiger partial charge >= 0.3 is 5.97 Å². The Morgan fingerprint density at radius 1 is 1.09 bits per heavy atom. The number of methoxy groups -OCH3 is 1. The fourth-order valence-corrected chi connectivity index (χ4v) is 3.89. The maximum absolute atomic E-state index is 13.5. The first-order valence-corrected chi connectivity index (χ1v) is 10.3. The number of nitrogens with zero attached hydrogens (tertiary/aromatic N) is 1. The molecule has 1 amide bonds. The number of hydrogen-bond acceptors (Lipinski definition) is 5. The van der Waals surface area contributed by atoms with Crippen LogP contribution in [-0.4, -0.2) is 30.7 Å². The van der Waals surface area contributed by atoms with E-state index < -0.39 is 18.7 Å². The number of anilines is 2. The molecule has 3 aromatic rings. The molecule has 9 heteroatoms. The molecule has 0 unspecified atom stereocenters. The van der Waals surface area contributed by atoms with E-state index in [-0.39, 0.29) is 22.4 Å². The van der Waals surface area contributed by atoms with Crippen molar-refractivity contribution in [2.24, 2.45) is 0 Å². The minimum atomic E-state index is -1.13. The Bertz CT molecular complexity index is 1180. The summed E-state index contributed by atoms with van der Waals surface area (Å²) in [5.74, 6) is -0.871. The molecule has 0 spiro atoms. The van der Waals surface area contributed by atoms with Gasteiger partial charge in [0.2, 0.25) is 0 Å². The molecule has 0 saturated carbocycles. The van der Waals surface area contributed by atoms with Gasteiger partial charge in [0.1, 0.15) is 6.17 Å². The fraction of sp³-hybridized carbons (Fsp3) is 0.130. The highest BCUT2D eigenvalue weighted by molar-refractivity contribution is 6.32. The van der Waals surface area contributed by atoms with E-state index in [4.69, 9.17) is 37.8 Å². The Balaban J connectivity index is 1.83. The van der Waals surface area contributed by atoms with Crippen molar-refractivity contribution in [2.75, 3.05) is 23.9 Å². The summed E-state index contributed by atoms with van der Waals surface area (Å²) in [6.45, 7) is -0.545. The summed E-state index contributed by atoms with van der Waals surface area (Å²) in [6.07, 6.45) is -0.673. The van der Waals surface area contributed by atoms with Crippen molar-refractivity contribution in [3.05, 3.63) is 81.8 Å². The predicted octanol–water partition coefficient (Wildman–Crippen LogP) is 5.24. The minimum absolute atomic E-state index is 0.184. The average molecular weight is 473 g/mol. The number of hydrogen-bond donors (Lipinski definition) is 2. The number of amides is 1. The Kier molecular flexibility index (Phi) is 6.12. The van der Waals surface area contributed by atoms with Crippen LogP contribution < -0.4 is 19.7 Å². The fourth-order valence-electron chi connectivity index (χ4n) is 3.51. The van der Waals surface area contributed by atoms with Gasteiger partial charge in [0.15, 0.2) is 18.1 Å². The van der Waals surface area contributed by atoms with Crippen molar-refractivity contribution >= 4 is 46.5 Å². The zero-order chi connectivity index (χ0) is 22.8. The number of rotatable bonds is 6. The van der Waals surface area contributed by atoms with Crippen molar-refractivity contribution in [3.63, 3.8) is 0 Å². The van der Waals surface area contributed by atoms with Gasteiger partial charge in [0.05, 0.1) is 17.7 Å². The quantitative estimate of drug-likeness (QED) is 0.510. The van der Waals surface area contributed by atoms with Gasteiger partial charge in [-0.15, -0.1) is 0 Å². The summed E-state index contributed by atoms with van der Waals surface area (Å²) in [5.41, 5.74) is 2.34. The lowest BCUT2D eigenvalue weighted by atomic mass is 10.0. The minimum Gasteiger partial charge on any atom is -0.493 e. The Morgan fingerprint density at radius 2 is 1.81 bits per heavy atom. The van der Waals surface area contributed by atoms with Crippen LogP contribution in [0.15, 0.2) is 60.7 Å². The maximum atomic E-state index is 13.5. The number of carbonyl (C=O) groups excluding carboxylic acids is 1. The lowest BCUT2D eigenvalue weighted by molar-refractivity contribution is -0.139. The van der Waals surface area contributed by atoms with Crippen LogP contribution in [-0.2, 0) is 4.79 Å². The first-order chi connectivity index (χ1) is 15.4. The summed E-state index contributed by atoms with van der Waals surface area (Å²) in [5, 5.41) is 13.1. The van der Waals surface area contributed by atoms with Gasteiger partial charge in [-0.3, -0.25) is 9.69 Å². The Hall–Kier alpha value is -3.42. The van der Waals surface area contributed by atoms with Crippen molar-refractivity contribution in [1.29, 1.82) is 0 Å². The van der Waals surface area contributed by atoms with Gasteiger partial charge in [-0.25, -0.2) is 4.79 Å². The normalized spacial score (nSPS) is 15.0. The molecule has 1 heterocycles. The number of carboxylic acids is 1. The van der Waals surface area contributed by atoms with Gasteiger partial charge in [-0.2, -0.15) is 0 Å². The number of para-hydroxylation sites is 1. The van der Waals surface area contributed by atoms with Crippen LogP contribution in [0.5, 0.6) is 11.5 Å². The van der Waals surface area contributed by atoms with Gasteiger partial charge in [0.25, 0.3) is 5.91 Å². The van der Waals surface area contributed by atoms with Gasteiger partial charge in [-0.05, 0) is 42.5 Å². The van der Waals surface area contributed by atoms with Gasteiger partial charge in [0, 0.05) is 28.0 Å². The van der Waals surface area contributed by atoms with Crippen LogP contribution in [0.3, 0.4) is 0 Å². The average Bonchev–Trinajstić information content (AvgIpc) is 2.78. The molecule has 0 saturated heterocycles. The SMILES string of the molecule is COc1cc([C@H]2Nc3ccccc3C(=O)N2c2ccc(Cl)cc2)c(Cl)cc1OCC(=O)O. The highest BCUT2D eigenvalue weighted by atomic mass is 35.5. The third-order valence-corrected chi connectivity index (χ3v) is 5.54. The summed E-state index contributed by atoms with van der Waals surface area (Å²) >= 11 is 12.6. The number of halogens is 2. The molecule has 32 heavy (non-hydrogen) atoms. The Labute approximate surface area is 194 Å². The molecule has 1 atom stereocenters. The molecule has 1 aliphatic rings. The third kappa shape index (κ3) is 4.17. The number of nitrogens with one attached hydrogen (secondary N) is 1. The zero-order valence-corrected chi connectivity index (χ0v) is 18.4. The number of ether oxygens (including phenoxy) is 2. The second-order valence-electron chi connectivity index (χ2n) is 6.95. The second kappa shape index (κ2) is 8.98. The van der Waals surface area contributed by atoms with Gasteiger partial charge < -0.3 is 19.9 Å². The van der Waals surface area contributed by atoms with Gasteiger partial charge in [-0.1, -0.05) is 35.3 Å². The van der Waals surface area contributed by atoms with E-state index in [0.29, 0.717) is 27.5 Å². The molecular formula is C23H18Cl2N2O5. The lowest BCUT2D eigenvalue weighted by Crippen LogP contribution is -2.43. The monoisotopic (exact) mass is 472 g/mol. The van der Waals surface area contributed by atoms with E-state index in [2.05, 4.69) is 5.32 Å². The Morgan fingerprint density at radius 3 is 2.50 bits per heavy atom. The third-order valence-electron chi connectivity index (χ3n) is 4.96. The van der Waals surface area contributed by atoms with Crippen LogP contribution in [0.4, 0.5) is 11.4 Å². The first kappa shape index (κ1) is 21.8. The van der Waals surface area contributed by atoms with E-state index in [1.54, 1.807) is 47.4 Å². The predicted molar refractivity (Wildman–Crippen MR) is 122 cm³/mol. The zero-order valence-electron chi connectivity index (χ0n) is 16.8. The number of fused-ring (bicyclic) bond motifs is 1. The van der Waals surface area contributed by atoms with Crippen molar-refractivity contribution in [2.45, 2.75) is 6.17 Å². The molecule has 1 aliphatic heterocycles. The highest BCUT2D eigenvalue weighted by Crippen LogP contribution is 2.42. The second-order valence-corrected chi connectivity index (χ2v) is 7.79. The van der Waals surface area contributed by atoms with E-state index in [9.17, 15) is 9.59 Å². The van der Waals surface area contributed by atoms with Crippen molar-refractivity contribution < 1.29 is 24.2 Å².